The minimum atomic E-state index is -0.332. The van der Waals surface area contributed by atoms with Gasteiger partial charge >= 0.3 is 0 Å². The van der Waals surface area contributed by atoms with E-state index in [2.05, 4.69) is 10.4 Å². The number of rotatable bonds is 7. The fourth-order valence-corrected chi connectivity index (χ4v) is 2.99. The first-order chi connectivity index (χ1) is 14.0. The fourth-order valence-electron chi connectivity index (χ4n) is 2.99. The molecule has 3 aromatic rings. The fraction of sp³-hybridized carbons (Fsp3) is 0.238. The van der Waals surface area contributed by atoms with Gasteiger partial charge in [-0.3, -0.25) is 4.79 Å². The molecule has 0 atom stereocenters. The van der Waals surface area contributed by atoms with Crippen LogP contribution in [0.25, 0.3) is 5.69 Å². The molecule has 0 bridgehead atoms. The number of hydrogen-bond acceptors (Lipinski definition) is 5. The average Bonchev–Trinajstić information content (AvgIpc) is 3.13. The molecule has 1 heterocycles. The van der Waals surface area contributed by atoms with E-state index in [1.807, 2.05) is 0 Å². The third-order valence-corrected chi connectivity index (χ3v) is 4.50. The number of nitrogens with one attached hydrogen (secondary N) is 1. The summed E-state index contributed by atoms with van der Waals surface area (Å²) in [4.78, 5) is 12.7. The normalized spacial score (nSPS) is 10.5. The molecule has 1 N–H and O–H groups in total. The van der Waals surface area contributed by atoms with Gasteiger partial charge < -0.3 is 19.5 Å². The van der Waals surface area contributed by atoms with E-state index in [9.17, 15) is 9.18 Å². The van der Waals surface area contributed by atoms with Gasteiger partial charge in [-0.2, -0.15) is 5.10 Å². The van der Waals surface area contributed by atoms with Crippen molar-refractivity contribution in [3.05, 3.63) is 65.2 Å². The zero-order valence-electron chi connectivity index (χ0n) is 16.7. The van der Waals surface area contributed by atoms with E-state index in [1.54, 1.807) is 35.9 Å². The van der Waals surface area contributed by atoms with Crippen LogP contribution in [0.15, 0.2) is 42.6 Å². The number of ether oxygens (including phenoxy) is 3. The van der Waals surface area contributed by atoms with Crippen molar-refractivity contribution in [2.45, 2.75) is 13.5 Å². The number of methoxy groups -OCH3 is 3. The van der Waals surface area contributed by atoms with Gasteiger partial charge in [-0.05, 0) is 48.9 Å². The molecule has 0 aliphatic carbocycles. The van der Waals surface area contributed by atoms with Gasteiger partial charge in [0.15, 0.2) is 11.5 Å². The van der Waals surface area contributed by atoms with Crippen LogP contribution >= 0.6 is 0 Å². The molecular weight excluding hydrogens is 377 g/mol. The highest BCUT2D eigenvalue weighted by Crippen LogP contribution is 2.38. The number of benzene rings is 2. The maximum atomic E-state index is 13.1. The smallest absolute Gasteiger partial charge is 0.255 e. The van der Waals surface area contributed by atoms with Crippen LogP contribution in [0.1, 0.15) is 21.6 Å². The van der Waals surface area contributed by atoms with E-state index >= 15 is 0 Å². The summed E-state index contributed by atoms with van der Waals surface area (Å²) in [6, 6.07) is 9.45. The molecule has 0 spiro atoms. The average molecular weight is 399 g/mol. The minimum absolute atomic E-state index is 0.261. The van der Waals surface area contributed by atoms with Crippen molar-refractivity contribution in [3.63, 3.8) is 0 Å². The van der Waals surface area contributed by atoms with Crippen LogP contribution < -0.4 is 19.5 Å². The Hall–Kier alpha value is -3.55. The molecule has 0 fully saturated rings. The molecule has 7 nitrogen and oxygen atoms in total. The van der Waals surface area contributed by atoms with Gasteiger partial charge in [0, 0.05) is 6.54 Å². The molecule has 0 unspecified atom stereocenters. The van der Waals surface area contributed by atoms with Crippen molar-refractivity contribution in [2.75, 3.05) is 21.3 Å². The lowest BCUT2D eigenvalue weighted by atomic mass is 10.1. The van der Waals surface area contributed by atoms with Gasteiger partial charge in [-0.25, -0.2) is 9.07 Å². The molecule has 152 valence electrons. The summed E-state index contributed by atoms with van der Waals surface area (Å²) in [5.74, 6) is 0.904. The first-order valence-electron chi connectivity index (χ1n) is 8.86. The highest BCUT2D eigenvalue weighted by atomic mass is 19.1. The molecule has 0 saturated heterocycles. The Balaban J connectivity index is 1.77. The molecule has 0 aliphatic heterocycles. The van der Waals surface area contributed by atoms with Crippen LogP contribution in [0.3, 0.4) is 0 Å². The lowest BCUT2D eigenvalue weighted by Gasteiger charge is -2.14. The van der Waals surface area contributed by atoms with Gasteiger partial charge in [0.05, 0.1) is 44.5 Å². The lowest BCUT2D eigenvalue weighted by Crippen LogP contribution is -2.23. The van der Waals surface area contributed by atoms with E-state index in [0.717, 1.165) is 5.56 Å². The van der Waals surface area contributed by atoms with E-state index in [-0.39, 0.29) is 18.3 Å². The Morgan fingerprint density at radius 2 is 1.69 bits per heavy atom. The number of nitrogens with zero attached hydrogens (tertiary/aromatic N) is 2. The summed E-state index contributed by atoms with van der Waals surface area (Å²) >= 11 is 0. The second kappa shape index (κ2) is 8.64. The summed E-state index contributed by atoms with van der Waals surface area (Å²) < 4.78 is 30.7. The molecular formula is C21H22FN3O4. The molecule has 1 amide bonds. The zero-order chi connectivity index (χ0) is 21.0. The standard InChI is InChI=1S/C21H22FN3O4/c1-13-17(12-24-25(13)16-7-5-15(22)6-8-16)21(26)23-11-14-9-18(27-2)20(29-4)19(10-14)28-3/h5-10,12H,11H2,1-4H3,(H,23,26). The van der Waals surface area contributed by atoms with Crippen LogP contribution in [0.5, 0.6) is 17.2 Å². The molecule has 3 rings (SSSR count). The Morgan fingerprint density at radius 1 is 1.07 bits per heavy atom. The number of carbonyl (C=O) groups is 1. The van der Waals surface area contributed by atoms with Crippen LogP contribution in [-0.4, -0.2) is 37.0 Å². The van der Waals surface area contributed by atoms with Crippen LogP contribution in [-0.2, 0) is 6.54 Å². The first kappa shape index (κ1) is 20.2. The molecule has 2 aromatic carbocycles. The highest BCUT2D eigenvalue weighted by molar-refractivity contribution is 5.95. The zero-order valence-corrected chi connectivity index (χ0v) is 16.7. The van der Waals surface area contributed by atoms with E-state index in [0.29, 0.717) is 34.2 Å². The maximum Gasteiger partial charge on any atom is 0.255 e. The largest absolute Gasteiger partial charge is 0.493 e. The Bertz CT molecular complexity index is 990. The lowest BCUT2D eigenvalue weighted by molar-refractivity contribution is 0.0950. The van der Waals surface area contributed by atoms with Gasteiger partial charge in [-0.1, -0.05) is 0 Å². The van der Waals surface area contributed by atoms with Crippen molar-refractivity contribution < 1.29 is 23.4 Å². The number of aromatic nitrogens is 2. The Morgan fingerprint density at radius 3 is 2.24 bits per heavy atom. The van der Waals surface area contributed by atoms with Crippen molar-refractivity contribution in [1.29, 1.82) is 0 Å². The number of carbonyl (C=O) groups excluding carboxylic acids is 1. The first-order valence-corrected chi connectivity index (χ1v) is 8.86. The van der Waals surface area contributed by atoms with E-state index in [4.69, 9.17) is 14.2 Å². The summed E-state index contributed by atoms with van der Waals surface area (Å²) in [5, 5.41) is 7.11. The van der Waals surface area contributed by atoms with Crippen molar-refractivity contribution in [3.8, 4) is 22.9 Å². The molecule has 29 heavy (non-hydrogen) atoms. The predicted octanol–water partition coefficient (Wildman–Crippen LogP) is 3.28. The molecule has 0 aliphatic rings. The number of hydrogen-bond donors (Lipinski definition) is 1. The molecule has 0 saturated carbocycles. The minimum Gasteiger partial charge on any atom is -0.493 e. The van der Waals surface area contributed by atoms with Crippen LogP contribution in [0.2, 0.25) is 0 Å². The van der Waals surface area contributed by atoms with Crippen molar-refractivity contribution in [2.24, 2.45) is 0 Å². The van der Waals surface area contributed by atoms with E-state index in [1.165, 1.54) is 39.7 Å². The van der Waals surface area contributed by atoms with Gasteiger partial charge in [0.25, 0.3) is 5.91 Å². The highest BCUT2D eigenvalue weighted by Gasteiger charge is 2.17. The SMILES string of the molecule is COc1cc(CNC(=O)c2cnn(-c3ccc(F)cc3)c2C)cc(OC)c1OC. The van der Waals surface area contributed by atoms with Crippen molar-refractivity contribution >= 4 is 5.91 Å². The monoisotopic (exact) mass is 399 g/mol. The number of amides is 1. The Kier molecular flexibility index (Phi) is 6.01. The van der Waals surface area contributed by atoms with Gasteiger partial charge in [-0.15, -0.1) is 0 Å². The van der Waals surface area contributed by atoms with Gasteiger partial charge in [0.2, 0.25) is 5.75 Å². The van der Waals surface area contributed by atoms with Crippen LogP contribution in [0, 0.1) is 12.7 Å². The summed E-state index contributed by atoms with van der Waals surface area (Å²) in [6.07, 6.45) is 1.49. The molecule has 0 radical (unpaired) electrons. The summed E-state index contributed by atoms with van der Waals surface area (Å²) in [7, 11) is 4.60. The molecule has 8 heteroatoms. The van der Waals surface area contributed by atoms with Gasteiger partial charge in [0.1, 0.15) is 5.82 Å². The number of halogens is 1. The van der Waals surface area contributed by atoms with E-state index < -0.39 is 0 Å². The van der Waals surface area contributed by atoms with Crippen LogP contribution in [0.4, 0.5) is 4.39 Å². The third kappa shape index (κ3) is 4.16. The summed E-state index contributed by atoms with van der Waals surface area (Å²) in [6.45, 7) is 2.04. The second-order valence-electron chi connectivity index (χ2n) is 6.25. The molecule has 1 aromatic heterocycles. The third-order valence-electron chi connectivity index (χ3n) is 4.50. The van der Waals surface area contributed by atoms with Crippen molar-refractivity contribution in [1.82, 2.24) is 15.1 Å². The predicted molar refractivity (Wildman–Crippen MR) is 106 cm³/mol. The summed E-state index contributed by atoms with van der Waals surface area (Å²) in [5.41, 5.74) is 2.55. The second-order valence-corrected chi connectivity index (χ2v) is 6.25. The topological polar surface area (TPSA) is 74.6 Å². The maximum absolute atomic E-state index is 13.1. The Labute approximate surface area is 168 Å². The quantitative estimate of drug-likeness (QED) is 0.660.